The second kappa shape index (κ2) is 11.0. The number of nitrogens with zero attached hydrogens (tertiary/aromatic N) is 2. The number of nitrogens with one attached hydrogen (secondary N) is 2. The van der Waals surface area contributed by atoms with Crippen LogP contribution in [0.3, 0.4) is 0 Å². The molecule has 1 heterocycles. The Morgan fingerprint density at radius 1 is 1.10 bits per heavy atom. The Morgan fingerprint density at radius 2 is 1.90 bits per heavy atom. The summed E-state index contributed by atoms with van der Waals surface area (Å²) >= 11 is 0. The van der Waals surface area contributed by atoms with Gasteiger partial charge >= 0.3 is 6.09 Å². The van der Waals surface area contributed by atoms with Crippen molar-refractivity contribution in [3.05, 3.63) is 11.6 Å². The lowest BCUT2D eigenvalue weighted by atomic mass is 9.46. The van der Waals surface area contributed by atoms with Crippen LogP contribution < -0.4 is 10.6 Å². The minimum Gasteiger partial charge on any atom is -0.358 e. The molecule has 8 heteroatoms. The van der Waals surface area contributed by atoms with Crippen molar-refractivity contribution in [1.29, 1.82) is 0 Å². The lowest BCUT2D eigenvalue weighted by Crippen LogP contribution is -2.51. The van der Waals surface area contributed by atoms with Crippen molar-refractivity contribution in [1.82, 2.24) is 15.5 Å². The first-order valence-electron chi connectivity index (χ1n) is 15.3. The summed E-state index contributed by atoms with van der Waals surface area (Å²) in [6, 6.07) is -0.124. The van der Waals surface area contributed by atoms with Gasteiger partial charge in [-0.2, -0.15) is 0 Å². The van der Waals surface area contributed by atoms with E-state index >= 15 is 0 Å². The van der Waals surface area contributed by atoms with E-state index in [-0.39, 0.29) is 28.8 Å². The van der Waals surface area contributed by atoms with E-state index in [2.05, 4.69) is 29.6 Å². The molecule has 2 N–H and O–H groups in total. The summed E-state index contributed by atoms with van der Waals surface area (Å²) in [6.07, 6.45) is 11.8. The van der Waals surface area contributed by atoms with Gasteiger partial charge in [-0.25, -0.2) is 4.79 Å². The molecule has 1 aliphatic heterocycles. The van der Waals surface area contributed by atoms with Gasteiger partial charge < -0.3 is 15.5 Å². The summed E-state index contributed by atoms with van der Waals surface area (Å²) in [5.41, 5.74) is 2.72. The molecule has 8 atom stereocenters. The highest BCUT2D eigenvalue weighted by atomic mass is 16.7. The van der Waals surface area contributed by atoms with Crippen molar-refractivity contribution in [2.24, 2.45) is 39.7 Å². The quantitative estimate of drug-likeness (QED) is 0.285. The van der Waals surface area contributed by atoms with Gasteiger partial charge in [0.1, 0.15) is 0 Å². The van der Waals surface area contributed by atoms with Crippen LogP contribution in [0.4, 0.5) is 4.79 Å². The van der Waals surface area contributed by atoms with Crippen LogP contribution in [0, 0.1) is 34.5 Å². The maximum absolute atomic E-state index is 13.0. The largest absolute Gasteiger partial charge is 0.436 e. The summed E-state index contributed by atoms with van der Waals surface area (Å²) in [5.74, 6) is 2.67. The Balaban J connectivity index is 1.21. The third-order valence-corrected chi connectivity index (χ3v) is 11.6. The van der Waals surface area contributed by atoms with Crippen LogP contribution in [0.15, 0.2) is 16.8 Å². The molecule has 0 aromatic heterocycles. The van der Waals surface area contributed by atoms with E-state index < -0.39 is 6.09 Å². The Bertz CT molecular complexity index is 1060. The molecule has 8 nitrogen and oxygen atoms in total. The molecule has 5 aliphatic rings. The van der Waals surface area contributed by atoms with Gasteiger partial charge in [0, 0.05) is 38.5 Å². The summed E-state index contributed by atoms with van der Waals surface area (Å²) in [6.45, 7) is 9.90. The summed E-state index contributed by atoms with van der Waals surface area (Å²) in [5, 5.41) is 10.5. The number of hydrogen-bond donors (Lipinski definition) is 2. The number of carbonyl (C=O) groups is 3. The fourth-order valence-electron chi connectivity index (χ4n) is 9.42. The average molecular weight is 541 g/mol. The van der Waals surface area contributed by atoms with E-state index in [1.54, 1.807) is 11.9 Å². The standard InChI is InChI=1S/C31H48N4O4/c1-6-35(18-21-8-12-27(33-21)28(37)32-5)29(38)39-34-19(2)24-10-11-25-23-9-7-20-17-22(36)13-15-30(20,3)26(23)14-16-31(24,25)4/h17,21,23-27,33H,6-16,18H2,1-5H3,(H,32,37)/b34-19+/t21?,23-,24+,25-,26-,27?,30-,31+/m0/s1. The van der Waals surface area contributed by atoms with Crippen LogP contribution in [0.25, 0.3) is 0 Å². The number of likely N-dealkylation sites (N-methyl/N-ethyl adjacent to an activating group) is 2. The molecule has 0 bridgehead atoms. The van der Waals surface area contributed by atoms with E-state index in [1.807, 2.05) is 19.9 Å². The highest BCUT2D eigenvalue weighted by Crippen LogP contribution is 2.66. The minimum absolute atomic E-state index is 0.00572. The van der Waals surface area contributed by atoms with Crippen LogP contribution in [-0.4, -0.2) is 60.6 Å². The third kappa shape index (κ3) is 5.07. The number of rotatable bonds is 6. The normalized spacial score (nSPS) is 39.8. The molecule has 1 saturated heterocycles. The van der Waals surface area contributed by atoms with Crippen LogP contribution in [0.5, 0.6) is 0 Å². The summed E-state index contributed by atoms with van der Waals surface area (Å²) in [4.78, 5) is 44.2. The predicted octanol–water partition coefficient (Wildman–Crippen LogP) is 4.84. The van der Waals surface area contributed by atoms with E-state index in [4.69, 9.17) is 4.84 Å². The molecule has 4 aliphatic carbocycles. The summed E-state index contributed by atoms with van der Waals surface area (Å²) < 4.78 is 0. The first-order valence-corrected chi connectivity index (χ1v) is 15.3. The first kappa shape index (κ1) is 28.3. The van der Waals surface area contributed by atoms with Crippen molar-refractivity contribution in [3.63, 3.8) is 0 Å². The summed E-state index contributed by atoms with van der Waals surface area (Å²) in [7, 11) is 1.65. The van der Waals surface area contributed by atoms with Gasteiger partial charge in [-0.15, -0.1) is 0 Å². The van der Waals surface area contributed by atoms with Gasteiger partial charge in [0.2, 0.25) is 5.91 Å². The minimum atomic E-state index is -0.420. The molecular formula is C31H48N4O4. The highest BCUT2D eigenvalue weighted by Gasteiger charge is 2.59. The fraction of sp³-hybridized carbons (Fsp3) is 0.806. The van der Waals surface area contributed by atoms with E-state index in [9.17, 15) is 14.4 Å². The Kier molecular flexibility index (Phi) is 7.97. The maximum atomic E-state index is 13.0. The zero-order chi connectivity index (χ0) is 27.9. The van der Waals surface area contributed by atoms with Crippen LogP contribution in [0.2, 0.25) is 0 Å². The monoisotopic (exact) mass is 540 g/mol. The molecule has 0 radical (unpaired) electrons. The molecule has 0 aromatic carbocycles. The van der Waals surface area contributed by atoms with Gasteiger partial charge in [0.15, 0.2) is 5.78 Å². The van der Waals surface area contributed by atoms with Crippen LogP contribution in [0.1, 0.15) is 91.9 Å². The molecule has 39 heavy (non-hydrogen) atoms. The number of allylic oxidation sites excluding steroid dienone is 1. The zero-order valence-corrected chi connectivity index (χ0v) is 24.6. The molecule has 216 valence electrons. The van der Waals surface area contributed by atoms with Crippen molar-refractivity contribution in [2.75, 3.05) is 20.1 Å². The Labute approximate surface area is 233 Å². The first-order chi connectivity index (χ1) is 18.6. The second-order valence-electron chi connectivity index (χ2n) is 13.4. The van der Waals surface area contributed by atoms with Crippen molar-refractivity contribution < 1.29 is 19.2 Å². The lowest BCUT2D eigenvalue weighted by molar-refractivity contribution is -0.122. The molecule has 3 saturated carbocycles. The molecule has 0 spiro atoms. The van der Waals surface area contributed by atoms with Crippen LogP contribution in [-0.2, 0) is 14.4 Å². The van der Waals surface area contributed by atoms with Crippen LogP contribution >= 0.6 is 0 Å². The van der Waals surface area contributed by atoms with E-state index in [0.717, 1.165) is 37.8 Å². The van der Waals surface area contributed by atoms with E-state index in [1.165, 1.54) is 31.3 Å². The van der Waals surface area contributed by atoms with Gasteiger partial charge in [-0.1, -0.05) is 24.6 Å². The smallest absolute Gasteiger partial charge is 0.358 e. The molecule has 4 fully saturated rings. The third-order valence-electron chi connectivity index (χ3n) is 11.6. The Hall–Kier alpha value is -2.22. The number of carbonyl (C=O) groups excluding carboxylic acids is 3. The predicted molar refractivity (Wildman–Crippen MR) is 151 cm³/mol. The van der Waals surface area contributed by atoms with Crippen molar-refractivity contribution >= 4 is 23.5 Å². The van der Waals surface area contributed by atoms with Gasteiger partial charge in [-0.3, -0.25) is 14.4 Å². The Morgan fingerprint density at radius 3 is 2.64 bits per heavy atom. The lowest BCUT2D eigenvalue weighted by Gasteiger charge is -2.58. The molecule has 2 unspecified atom stereocenters. The van der Waals surface area contributed by atoms with Gasteiger partial charge in [-0.05, 0) is 106 Å². The van der Waals surface area contributed by atoms with Crippen molar-refractivity contribution in [3.8, 4) is 0 Å². The average Bonchev–Trinajstić information content (AvgIpc) is 3.54. The van der Waals surface area contributed by atoms with Gasteiger partial charge in [0.25, 0.3) is 0 Å². The second-order valence-corrected chi connectivity index (χ2v) is 13.4. The molecule has 0 aromatic rings. The molecular weight excluding hydrogens is 492 g/mol. The molecule has 2 amide bonds. The SMILES string of the molecule is CCN(CC1CCC(C(=O)NC)N1)C(=O)O/N=C(\C)[C@H]1CC[C@H]2[C@@H]3CCC4=CC(=O)CC[C@]4(C)[C@H]3CC[C@]12C. The maximum Gasteiger partial charge on any atom is 0.436 e. The van der Waals surface area contributed by atoms with E-state index in [0.29, 0.717) is 49.0 Å². The number of amides is 2. The number of ketones is 1. The number of oxime groups is 1. The van der Waals surface area contributed by atoms with Crippen molar-refractivity contribution in [2.45, 2.75) is 104 Å². The number of hydrogen-bond acceptors (Lipinski definition) is 6. The molecule has 5 rings (SSSR count). The highest BCUT2D eigenvalue weighted by molar-refractivity contribution is 5.91. The zero-order valence-electron chi connectivity index (χ0n) is 24.6. The van der Waals surface area contributed by atoms with Gasteiger partial charge in [0.05, 0.1) is 11.8 Å². The number of fused-ring (bicyclic) bond motifs is 5. The fourth-order valence-corrected chi connectivity index (χ4v) is 9.42. The topological polar surface area (TPSA) is 100 Å².